The summed E-state index contributed by atoms with van der Waals surface area (Å²) >= 11 is 0. The van der Waals surface area contributed by atoms with Gasteiger partial charge in [0.15, 0.2) is 11.6 Å². The van der Waals surface area contributed by atoms with Gasteiger partial charge in [0.25, 0.3) is 0 Å². The van der Waals surface area contributed by atoms with Crippen LogP contribution in [-0.4, -0.2) is 122 Å². The third kappa shape index (κ3) is 19.2. The van der Waals surface area contributed by atoms with E-state index in [0.717, 1.165) is 34.2 Å². The van der Waals surface area contributed by atoms with Gasteiger partial charge in [-0.25, -0.2) is 14.4 Å². The van der Waals surface area contributed by atoms with Crippen molar-refractivity contribution in [1.29, 1.82) is 0 Å². The standard InChI is InChI=1S/C64H82N6O14/c1-38(2)59(70-63(78)80-36-54-52-16-10-8-14-50(52)51-15-9-11-17-53(51)54)56(73)30-45(13-12-28-66-61(65)76)60(75)68-46-23-21-44(22-24-46)35-79-62(77)67-34-47(72)31-49-33-64(37-81-64)32-48(84-49)25-18-39(3)19-26-57-40(4)29-55(42(6)83-57)69-58(74)27-20-41(5)82-43(7)71/h8-11,14-25,27,38,40-42,45,48-49,54-55,57,59H,12-13,26,28-37H2,1-7H3,(H,67,77)(H,68,75)(H,69,74)(H,70,78)(H3,65,66,76)/b25-18+,27-20-,39-19+/t40-,41-,42+,45+,48+,49+,55+,57-,59-,64+/m0/s1. The van der Waals surface area contributed by atoms with E-state index in [9.17, 15) is 38.4 Å². The Morgan fingerprint density at radius 1 is 0.833 bits per heavy atom. The Balaban J connectivity index is 0.823. The van der Waals surface area contributed by atoms with E-state index in [-0.39, 0.29) is 111 Å². The first kappa shape index (κ1) is 63.9. The molecule has 0 unspecified atom stereocenters. The summed E-state index contributed by atoms with van der Waals surface area (Å²) in [6, 6.07) is 20.8. The van der Waals surface area contributed by atoms with Gasteiger partial charge < -0.3 is 60.7 Å². The average molecular weight is 1160 g/mol. The van der Waals surface area contributed by atoms with Gasteiger partial charge in [0, 0.05) is 62.8 Å². The summed E-state index contributed by atoms with van der Waals surface area (Å²) in [5, 5.41) is 13.7. The van der Waals surface area contributed by atoms with E-state index in [1.54, 1.807) is 51.1 Å². The number of epoxide rings is 1. The number of anilines is 1. The van der Waals surface area contributed by atoms with Crippen LogP contribution in [0.3, 0.4) is 0 Å². The molecule has 1 spiro atoms. The summed E-state index contributed by atoms with van der Waals surface area (Å²) in [7, 11) is 0. The van der Waals surface area contributed by atoms with Crippen LogP contribution in [0.2, 0.25) is 0 Å². The number of primary amides is 1. The zero-order valence-corrected chi connectivity index (χ0v) is 49.2. The maximum Gasteiger partial charge on any atom is 0.407 e. The number of amides is 6. The van der Waals surface area contributed by atoms with Gasteiger partial charge in [0.1, 0.15) is 19.3 Å². The minimum atomic E-state index is -0.947. The highest BCUT2D eigenvalue weighted by Crippen LogP contribution is 2.45. The number of hydrogen-bond acceptors (Lipinski definition) is 14. The minimum Gasteiger partial charge on any atom is -0.459 e. The summed E-state index contributed by atoms with van der Waals surface area (Å²) in [5.41, 5.74) is 11.3. The van der Waals surface area contributed by atoms with Crippen molar-refractivity contribution in [2.24, 2.45) is 23.5 Å². The van der Waals surface area contributed by atoms with Crippen LogP contribution in [-0.2, 0) is 59.0 Å². The second-order valence-corrected chi connectivity index (χ2v) is 23.0. The Morgan fingerprint density at radius 3 is 2.18 bits per heavy atom. The van der Waals surface area contributed by atoms with Gasteiger partial charge in [-0.3, -0.25) is 24.0 Å². The first-order chi connectivity index (χ1) is 40.1. The molecule has 7 N–H and O–H groups in total. The van der Waals surface area contributed by atoms with E-state index in [1.165, 1.54) is 13.0 Å². The molecule has 4 aliphatic rings. The monoisotopic (exact) mass is 1160 g/mol. The van der Waals surface area contributed by atoms with Crippen molar-refractivity contribution in [2.45, 2.75) is 161 Å². The number of esters is 1. The number of benzene rings is 3. The van der Waals surface area contributed by atoms with Crippen molar-refractivity contribution < 1.29 is 66.8 Å². The average Bonchev–Trinajstić information content (AvgIpc) is 4.26. The minimum absolute atomic E-state index is 0.0360. The Bertz CT molecular complexity index is 2870. The molecule has 10 atom stereocenters. The van der Waals surface area contributed by atoms with Crippen LogP contribution in [0, 0.1) is 17.8 Å². The van der Waals surface area contributed by atoms with Gasteiger partial charge in [0.05, 0.1) is 55.3 Å². The molecule has 20 heteroatoms. The highest BCUT2D eigenvalue weighted by atomic mass is 16.6. The summed E-state index contributed by atoms with van der Waals surface area (Å²) in [5.74, 6) is -2.86. The van der Waals surface area contributed by atoms with Gasteiger partial charge in [0.2, 0.25) is 11.8 Å². The van der Waals surface area contributed by atoms with Crippen molar-refractivity contribution in [3.05, 3.63) is 125 Å². The molecule has 3 aliphatic heterocycles. The molecule has 3 aromatic rings. The maximum absolute atomic E-state index is 13.9. The van der Waals surface area contributed by atoms with E-state index < -0.39 is 54.3 Å². The summed E-state index contributed by atoms with van der Waals surface area (Å²) < 4.78 is 34.7. The smallest absolute Gasteiger partial charge is 0.407 e. The van der Waals surface area contributed by atoms with E-state index in [2.05, 4.69) is 39.6 Å². The number of ether oxygens (including phenoxy) is 6. The highest BCUT2D eigenvalue weighted by molar-refractivity contribution is 5.97. The molecule has 3 fully saturated rings. The summed E-state index contributed by atoms with van der Waals surface area (Å²) in [6.45, 7) is 13.1. The van der Waals surface area contributed by atoms with Crippen molar-refractivity contribution in [3.63, 3.8) is 0 Å². The Morgan fingerprint density at radius 2 is 1.52 bits per heavy atom. The molecule has 3 heterocycles. The van der Waals surface area contributed by atoms with Gasteiger partial charge >= 0.3 is 24.2 Å². The number of rotatable bonds is 27. The molecule has 3 aromatic carbocycles. The number of ketones is 2. The van der Waals surface area contributed by atoms with Crippen LogP contribution in [0.5, 0.6) is 0 Å². The van der Waals surface area contributed by atoms with E-state index in [4.69, 9.17) is 34.2 Å². The molecular weight excluding hydrogens is 1080 g/mol. The molecule has 0 bridgehead atoms. The van der Waals surface area contributed by atoms with Crippen molar-refractivity contribution in [2.75, 3.05) is 31.6 Å². The predicted octanol–water partition coefficient (Wildman–Crippen LogP) is 8.41. The molecule has 1 aliphatic carbocycles. The maximum atomic E-state index is 13.9. The van der Waals surface area contributed by atoms with E-state index >= 15 is 0 Å². The normalized spacial score (nSPS) is 22.9. The fourth-order valence-corrected chi connectivity index (χ4v) is 11.1. The summed E-state index contributed by atoms with van der Waals surface area (Å²) in [4.78, 5) is 102. The third-order valence-corrected chi connectivity index (χ3v) is 15.7. The van der Waals surface area contributed by atoms with Gasteiger partial charge in [-0.2, -0.15) is 0 Å². The predicted molar refractivity (Wildman–Crippen MR) is 314 cm³/mol. The van der Waals surface area contributed by atoms with Crippen molar-refractivity contribution in [3.8, 4) is 11.1 Å². The molecule has 84 heavy (non-hydrogen) atoms. The molecule has 7 rings (SSSR count). The molecular formula is C64H82N6O14. The largest absolute Gasteiger partial charge is 0.459 e. The lowest BCUT2D eigenvalue weighted by Gasteiger charge is -2.39. The first-order valence-electron chi connectivity index (χ1n) is 29.1. The molecule has 0 aromatic heterocycles. The first-order valence-corrected chi connectivity index (χ1v) is 29.1. The topological polar surface area (TPSA) is 281 Å². The molecule has 452 valence electrons. The second-order valence-electron chi connectivity index (χ2n) is 23.0. The zero-order chi connectivity index (χ0) is 60.5. The van der Waals surface area contributed by atoms with Crippen LogP contribution in [0.15, 0.2) is 109 Å². The van der Waals surface area contributed by atoms with Crippen molar-refractivity contribution in [1.82, 2.24) is 21.3 Å². The second kappa shape index (κ2) is 30.2. The number of Topliss-reactive ketones (excluding diaryl/α,β-unsaturated/α-hetero) is 2. The Kier molecular flexibility index (Phi) is 23.0. The molecule has 0 radical (unpaired) electrons. The van der Waals surface area contributed by atoms with Gasteiger partial charge in [-0.05, 0) is 104 Å². The highest BCUT2D eigenvalue weighted by Gasteiger charge is 2.51. The SMILES string of the molecule is CC(=O)O[C@@H](C)/C=C\C(=O)N[C@@H]1C[C@H](C)[C@H](C/C=C(C)/C=C/[C@@H]2C[C@]3(CO3)C[C@@H](CC(=O)CNC(=O)OCc3ccc(NC(=O)[C@H](CCCNC(N)=O)CC(=O)[C@@H](NC(=O)OCC4c5ccccc5-c5ccccc54)C(C)C)cc3)O2)O[C@@H]1C. The number of nitrogens with one attached hydrogen (secondary N) is 5. The zero-order valence-electron chi connectivity index (χ0n) is 49.2. The molecule has 6 amide bonds. The number of urea groups is 1. The van der Waals surface area contributed by atoms with Crippen LogP contribution in [0.4, 0.5) is 20.1 Å². The number of carbonyl (C=O) groups excluding carboxylic acids is 8. The number of fused-ring (bicyclic) bond motifs is 3. The van der Waals surface area contributed by atoms with Crippen molar-refractivity contribution >= 4 is 53.3 Å². The lowest BCUT2D eigenvalue weighted by atomic mass is 9.88. The van der Waals surface area contributed by atoms with E-state index in [0.29, 0.717) is 43.5 Å². The molecule has 3 saturated heterocycles. The lowest BCUT2D eigenvalue weighted by Crippen LogP contribution is -2.50. The van der Waals surface area contributed by atoms with E-state index in [1.807, 2.05) is 74.5 Å². The van der Waals surface area contributed by atoms with Crippen LogP contribution >= 0.6 is 0 Å². The number of nitrogens with two attached hydrogens (primary N) is 1. The number of carbonyl (C=O) groups is 8. The number of alkyl carbamates (subject to hydrolysis) is 2. The quantitative estimate of drug-likeness (QED) is 0.0104. The fourth-order valence-electron chi connectivity index (χ4n) is 11.1. The third-order valence-electron chi connectivity index (χ3n) is 15.7. The van der Waals surface area contributed by atoms with Gasteiger partial charge in [-0.1, -0.05) is 105 Å². The van der Waals surface area contributed by atoms with Crippen LogP contribution in [0.25, 0.3) is 11.1 Å². The molecule has 20 nitrogen and oxygen atoms in total. The lowest BCUT2D eigenvalue weighted by molar-refractivity contribution is -0.143. The van der Waals surface area contributed by atoms with Gasteiger partial charge in [-0.15, -0.1) is 0 Å². The fraction of sp³-hybridized carbons (Fsp3) is 0.500. The Labute approximate surface area is 491 Å². The van der Waals surface area contributed by atoms with Crippen LogP contribution in [0.1, 0.15) is 122 Å². The summed E-state index contributed by atoms with van der Waals surface area (Å²) in [6.07, 6.45) is 9.19. The van der Waals surface area contributed by atoms with Crippen LogP contribution < -0.4 is 32.3 Å². The molecule has 0 saturated carbocycles. The number of hydrogen-bond donors (Lipinski definition) is 6. The number of allylic oxidation sites excluding steroid dienone is 2. The Hall–Kier alpha value is -7.68.